The molecule has 4 aromatic rings. The van der Waals surface area contributed by atoms with Crippen molar-refractivity contribution in [3.05, 3.63) is 89.6 Å². The van der Waals surface area contributed by atoms with E-state index in [0.717, 1.165) is 60.4 Å². The quantitative estimate of drug-likeness (QED) is 0.252. The van der Waals surface area contributed by atoms with Gasteiger partial charge in [-0.3, -0.25) is 10.00 Å². The number of esters is 1. The first-order valence-corrected chi connectivity index (χ1v) is 12.5. The van der Waals surface area contributed by atoms with Crippen LogP contribution in [0.5, 0.6) is 5.75 Å². The first kappa shape index (κ1) is 23.9. The van der Waals surface area contributed by atoms with E-state index in [1.165, 1.54) is 5.56 Å². The summed E-state index contributed by atoms with van der Waals surface area (Å²) in [6.07, 6.45) is 4.18. The largest absolute Gasteiger partial charge is 0.490 e. The molecule has 0 amide bonds. The summed E-state index contributed by atoms with van der Waals surface area (Å²) < 4.78 is 11.3. The summed E-state index contributed by atoms with van der Waals surface area (Å²) in [4.78, 5) is 14.6. The molecule has 1 aliphatic rings. The second-order valence-electron chi connectivity index (χ2n) is 9.34. The number of ether oxygens (including phenoxy) is 2. The van der Waals surface area contributed by atoms with E-state index in [0.29, 0.717) is 18.2 Å². The molecule has 1 aliphatic heterocycles. The van der Waals surface area contributed by atoms with Gasteiger partial charge in [-0.25, -0.2) is 4.79 Å². The Kier molecular flexibility index (Phi) is 7.47. The molecule has 0 radical (unpaired) electrons. The number of fused-ring (bicyclic) bond motifs is 1. The minimum atomic E-state index is -0.331. The van der Waals surface area contributed by atoms with Crippen molar-refractivity contribution in [3.63, 3.8) is 0 Å². The lowest BCUT2D eigenvalue weighted by atomic mass is 10.0. The van der Waals surface area contributed by atoms with Crippen molar-refractivity contribution >= 4 is 22.6 Å². The van der Waals surface area contributed by atoms with Crippen LogP contribution in [-0.4, -0.2) is 53.4 Å². The highest BCUT2D eigenvalue weighted by Crippen LogP contribution is 2.24. The Morgan fingerprint density at radius 2 is 2.00 bits per heavy atom. The maximum absolute atomic E-state index is 12.1. The number of benzene rings is 3. The number of carbonyl (C=O) groups excluding carboxylic acids is 1. The summed E-state index contributed by atoms with van der Waals surface area (Å²) in [5.74, 6) is 0.506. The Morgan fingerprint density at radius 1 is 1.11 bits per heavy atom. The zero-order chi connectivity index (χ0) is 24.7. The zero-order valence-electron chi connectivity index (χ0n) is 20.6. The molecule has 36 heavy (non-hydrogen) atoms. The minimum absolute atomic E-state index is 0.210. The van der Waals surface area contributed by atoms with E-state index in [4.69, 9.17) is 9.47 Å². The lowest BCUT2D eigenvalue weighted by Gasteiger charge is -2.33. The Labute approximate surface area is 211 Å². The second kappa shape index (κ2) is 11.3. The van der Waals surface area contributed by atoms with E-state index >= 15 is 0 Å². The van der Waals surface area contributed by atoms with Crippen LogP contribution in [0, 0.1) is 6.92 Å². The average Bonchev–Trinajstić information content (AvgIpc) is 3.37. The molecule has 1 saturated heterocycles. The van der Waals surface area contributed by atoms with Crippen molar-refractivity contribution in [1.82, 2.24) is 15.1 Å². The second-order valence-corrected chi connectivity index (χ2v) is 9.34. The molecule has 5 rings (SSSR count). The van der Waals surface area contributed by atoms with Gasteiger partial charge in [-0.15, -0.1) is 0 Å². The Morgan fingerprint density at radius 3 is 2.89 bits per heavy atom. The molecule has 2 N–H and O–H groups in total. The number of aromatic amines is 1. The highest BCUT2D eigenvalue weighted by molar-refractivity contribution is 5.89. The van der Waals surface area contributed by atoms with Gasteiger partial charge in [0.15, 0.2) is 0 Å². The lowest BCUT2D eigenvalue weighted by molar-refractivity contribution is 0.0450. The van der Waals surface area contributed by atoms with E-state index in [-0.39, 0.29) is 12.6 Å². The number of aryl methyl sites for hydroxylation is 1. The predicted molar refractivity (Wildman–Crippen MR) is 141 cm³/mol. The molecule has 0 spiro atoms. The van der Waals surface area contributed by atoms with Crippen molar-refractivity contribution in [2.75, 3.05) is 31.6 Å². The third-order valence-electron chi connectivity index (χ3n) is 6.56. The van der Waals surface area contributed by atoms with Crippen LogP contribution in [0.2, 0.25) is 0 Å². The van der Waals surface area contributed by atoms with Crippen LogP contribution in [0.15, 0.2) is 72.9 Å². The van der Waals surface area contributed by atoms with Crippen LogP contribution in [0.4, 0.5) is 5.69 Å². The summed E-state index contributed by atoms with van der Waals surface area (Å²) in [6, 6.07) is 22.1. The van der Waals surface area contributed by atoms with E-state index in [9.17, 15) is 4.79 Å². The molecular formula is C29H32N4O3. The van der Waals surface area contributed by atoms with Crippen molar-refractivity contribution in [2.24, 2.45) is 0 Å². The van der Waals surface area contributed by atoms with E-state index in [2.05, 4.69) is 56.8 Å². The van der Waals surface area contributed by atoms with Gasteiger partial charge in [-0.2, -0.15) is 5.10 Å². The molecule has 186 valence electrons. The number of likely N-dealkylation sites (tertiary alicyclic amines) is 1. The first-order valence-electron chi connectivity index (χ1n) is 12.5. The molecular weight excluding hydrogens is 452 g/mol. The monoisotopic (exact) mass is 484 g/mol. The third kappa shape index (κ3) is 6.04. The number of hydrogen-bond donors (Lipinski definition) is 2. The first-order chi connectivity index (χ1) is 17.6. The number of nitrogens with one attached hydrogen (secondary N) is 2. The number of hydrogen-bond acceptors (Lipinski definition) is 6. The van der Waals surface area contributed by atoms with Gasteiger partial charge in [-0.05, 0) is 73.8 Å². The van der Waals surface area contributed by atoms with Crippen LogP contribution in [0.1, 0.15) is 34.3 Å². The standard InChI is InChI=1S/C29H32N4O3/c1-21-9-10-22(16-28(21)35-14-15-36-29(34)23-6-3-2-4-7-23)19-33-13-5-8-26(20-33)31-25-11-12-27-24(17-25)18-30-32-27/h2-4,6-7,9-12,16-18,26,31H,5,8,13-15,19-20H2,1H3,(H,30,32)/t26-/m1/s1. The Balaban J connectivity index is 1.12. The summed E-state index contributed by atoms with van der Waals surface area (Å²) in [6.45, 7) is 5.51. The normalized spacial score (nSPS) is 16.1. The number of carbonyl (C=O) groups is 1. The molecule has 0 saturated carbocycles. The van der Waals surface area contributed by atoms with Gasteiger partial charge in [0.1, 0.15) is 19.0 Å². The van der Waals surface area contributed by atoms with E-state index in [1.54, 1.807) is 12.1 Å². The fourth-order valence-corrected chi connectivity index (χ4v) is 4.69. The number of rotatable bonds is 9. The summed E-state index contributed by atoms with van der Waals surface area (Å²) in [7, 11) is 0. The molecule has 0 bridgehead atoms. The molecule has 7 heteroatoms. The molecule has 1 aromatic heterocycles. The van der Waals surface area contributed by atoms with Crippen LogP contribution < -0.4 is 10.1 Å². The number of aromatic nitrogens is 2. The van der Waals surface area contributed by atoms with Gasteiger partial charge >= 0.3 is 5.97 Å². The Hall–Kier alpha value is -3.84. The van der Waals surface area contributed by atoms with Crippen LogP contribution in [-0.2, 0) is 11.3 Å². The van der Waals surface area contributed by atoms with Crippen molar-refractivity contribution in [1.29, 1.82) is 0 Å². The number of anilines is 1. The smallest absolute Gasteiger partial charge is 0.338 e. The molecule has 0 aliphatic carbocycles. The predicted octanol–water partition coefficient (Wildman–Crippen LogP) is 5.18. The molecule has 1 fully saturated rings. The fraction of sp³-hybridized carbons (Fsp3) is 0.310. The molecule has 2 heterocycles. The number of H-pyrrole nitrogens is 1. The van der Waals surface area contributed by atoms with Gasteiger partial charge in [0.05, 0.1) is 17.3 Å². The summed E-state index contributed by atoms with van der Waals surface area (Å²) in [5, 5.41) is 11.9. The van der Waals surface area contributed by atoms with Crippen LogP contribution in [0.25, 0.3) is 10.9 Å². The molecule has 0 unspecified atom stereocenters. The van der Waals surface area contributed by atoms with E-state index in [1.807, 2.05) is 31.3 Å². The number of piperidine rings is 1. The summed E-state index contributed by atoms with van der Waals surface area (Å²) >= 11 is 0. The van der Waals surface area contributed by atoms with Crippen molar-refractivity contribution < 1.29 is 14.3 Å². The van der Waals surface area contributed by atoms with Crippen LogP contribution >= 0.6 is 0 Å². The molecule has 1 atom stereocenters. The summed E-state index contributed by atoms with van der Waals surface area (Å²) in [5.41, 5.74) is 5.03. The van der Waals surface area contributed by atoms with Gasteiger partial charge in [0.2, 0.25) is 0 Å². The Bertz CT molecular complexity index is 1300. The average molecular weight is 485 g/mol. The van der Waals surface area contributed by atoms with Crippen molar-refractivity contribution in [2.45, 2.75) is 32.4 Å². The molecule has 3 aromatic carbocycles. The third-order valence-corrected chi connectivity index (χ3v) is 6.56. The minimum Gasteiger partial charge on any atom is -0.490 e. The fourth-order valence-electron chi connectivity index (χ4n) is 4.69. The number of nitrogens with zero attached hydrogens (tertiary/aromatic N) is 2. The van der Waals surface area contributed by atoms with Gasteiger partial charge in [-0.1, -0.05) is 30.3 Å². The van der Waals surface area contributed by atoms with Gasteiger partial charge in [0, 0.05) is 30.2 Å². The lowest BCUT2D eigenvalue weighted by Crippen LogP contribution is -2.41. The highest BCUT2D eigenvalue weighted by Gasteiger charge is 2.20. The highest BCUT2D eigenvalue weighted by atomic mass is 16.6. The van der Waals surface area contributed by atoms with Gasteiger partial charge < -0.3 is 14.8 Å². The zero-order valence-corrected chi connectivity index (χ0v) is 20.6. The maximum Gasteiger partial charge on any atom is 0.338 e. The van der Waals surface area contributed by atoms with Crippen molar-refractivity contribution in [3.8, 4) is 5.75 Å². The maximum atomic E-state index is 12.1. The molecule has 7 nitrogen and oxygen atoms in total. The SMILES string of the molecule is Cc1ccc(CN2CCC[C@@H](Nc3ccc4[nH]ncc4c3)C2)cc1OCCOC(=O)c1ccccc1. The topological polar surface area (TPSA) is 79.5 Å². The van der Waals surface area contributed by atoms with Crippen LogP contribution in [0.3, 0.4) is 0 Å². The van der Waals surface area contributed by atoms with Gasteiger partial charge in [0.25, 0.3) is 0 Å². The van der Waals surface area contributed by atoms with E-state index < -0.39 is 0 Å².